The van der Waals surface area contributed by atoms with Crippen molar-refractivity contribution < 1.29 is 13.7 Å². The fraction of sp³-hybridized carbons (Fsp3) is 0.318. The van der Waals surface area contributed by atoms with E-state index < -0.39 is 0 Å². The molecule has 0 N–H and O–H groups in total. The molecule has 0 aliphatic rings. The molecule has 0 radical (unpaired) electrons. The van der Waals surface area contributed by atoms with Gasteiger partial charge in [-0.2, -0.15) is 4.98 Å². The number of nitrogens with zero attached hydrogens (tertiary/aromatic N) is 3. The van der Waals surface area contributed by atoms with Crippen molar-refractivity contribution in [3.05, 3.63) is 71.9 Å². The summed E-state index contributed by atoms with van der Waals surface area (Å²) in [6.07, 6.45) is 2.52. The zero-order valence-electron chi connectivity index (χ0n) is 16.0. The van der Waals surface area contributed by atoms with Gasteiger partial charge in [0.05, 0.1) is 0 Å². The van der Waals surface area contributed by atoms with Gasteiger partial charge in [-0.3, -0.25) is 4.79 Å². The minimum absolute atomic E-state index is 0.129. The summed E-state index contributed by atoms with van der Waals surface area (Å²) >= 11 is 0. The van der Waals surface area contributed by atoms with E-state index in [2.05, 4.69) is 17.1 Å². The van der Waals surface area contributed by atoms with Crippen LogP contribution in [0.4, 0.5) is 4.39 Å². The van der Waals surface area contributed by atoms with Crippen LogP contribution in [0, 0.1) is 5.82 Å². The molecule has 6 heteroatoms. The maximum absolute atomic E-state index is 13.0. The minimum atomic E-state index is -0.307. The highest BCUT2D eigenvalue weighted by Gasteiger charge is 2.14. The quantitative estimate of drug-likeness (QED) is 0.542. The van der Waals surface area contributed by atoms with E-state index in [0.29, 0.717) is 43.1 Å². The first-order valence-corrected chi connectivity index (χ1v) is 9.56. The number of hydrogen-bond donors (Lipinski definition) is 0. The highest BCUT2D eigenvalue weighted by molar-refractivity contribution is 5.76. The van der Waals surface area contributed by atoms with E-state index >= 15 is 0 Å². The fourth-order valence-electron chi connectivity index (χ4n) is 2.99. The van der Waals surface area contributed by atoms with Gasteiger partial charge < -0.3 is 9.42 Å². The Balaban J connectivity index is 1.51. The van der Waals surface area contributed by atoms with Crippen LogP contribution in [-0.2, 0) is 17.8 Å². The SMILES string of the molecule is CCCN(Cc1ccccc1)C(=O)CCCc1nc(-c2ccc(F)cc2)no1. The molecular formula is C22H24FN3O2. The van der Waals surface area contributed by atoms with Gasteiger partial charge in [-0.1, -0.05) is 42.4 Å². The highest BCUT2D eigenvalue weighted by atomic mass is 19.1. The number of benzene rings is 2. The van der Waals surface area contributed by atoms with E-state index in [1.165, 1.54) is 12.1 Å². The molecule has 0 fully saturated rings. The molecule has 0 atom stereocenters. The van der Waals surface area contributed by atoms with Crippen LogP contribution in [0.1, 0.15) is 37.6 Å². The molecule has 0 spiro atoms. The standard InChI is InChI=1S/C22H24FN3O2/c1-2-15-26(16-17-7-4-3-5-8-17)21(27)10-6-9-20-24-22(25-28-20)18-11-13-19(23)14-12-18/h3-5,7-8,11-14H,2,6,9-10,15-16H2,1H3. The van der Waals surface area contributed by atoms with E-state index in [1.807, 2.05) is 35.2 Å². The summed E-state index contributed by atoms with van der Waals surface area (Å²) in [6, 6.07) is 15.9. The lowest BCUT2D eigenvalue weighted by molar-refractivity contribution is -0.132. The van der Waals surface area contributed by atoms with Gasteiger partial charge in [0, 0.05) is 31.5 Å². The number of rotatable bonds is 9. The smallest absolute Gasteiger partial charge is 0.226 e. The van der Waals surface area contributed by atoms with E-state index in [4.69, 9.17) is 4.52 Å². The summed E-state index contributed by atoms with van der Waals surface area (Å²) in [4.78, 5) is 18.8. The van der Waals surface area contributed by atoms with Gasteiger partial charge in [-0.05, 0) is 42.7 Å². The number of aryl methyl sites for hydroxylation is 1. The number of carbonyl (C=O) groups is 1. The summed E-state index contributed by atoms with van der Waals surface area (Å²) in [5, 5.41) is 3.93. The largest absolute Gasteiger partial charge is 0.339 e. The summed E-state index contributed by atoms with van der Waals surface area (Å²) in [7, 11) is 0. The van der Waals surface area contributed by atoms with Crippen molar-refractivity contribution in [2.45, 2.75) is 39.2 Å². The molecule has 0 aliphatic heterocycles. The second-order valence-electron chi connectivity index (χ2n) is 6.67. The number of hydrogen-bond acceptors (Lipinski definition) is 4. The van der Waals surface area contributed by atoms with Gasteiger partial charge in [0.25, 0.3) is 0 Å². The molecule has 28 heavy (non-hydrogen) atoms. The maximum Gasteiger partial charge on any atom is 0.226 e. The monoisotopic (exact) mass is 381 g/mol. The number of aromatic nitrogens is 2. The third-order valence-electron chi connectivity index (χ3n) is 4.41. The van der Waals surface area contributed by atoms with Crippen LogP contribution in [0.3, 0.4) is 0 Å². The molecule has 0 unspecified atom stereocenters. The Morgan fingerprint density at radius 1 is 1.11 bits per heavy atom. The van der Waals surface area contributed by atoms with E-state index in [1.54, 1.807) is 12.1 Å². The van der Waals surface area contributed by atoms with Gasteiger partial charge in [-0.15, -0.1) is 0 Å². The molecule has 3 aromatic rings. The van der Waals surface area contributed by atoms with Crippen LogP contribution in [-0.4, -0.2) is 27.5 Å². The topological polar surface area (TPSA) is 59.2 Å². The number of halogens is 1. The van der Waals surface area contributed by atoms with Crippen LogP contribution in [0.15, 0.2) is 59.1 Å². The molecule has 146 valence electrons. The predicted octanol–water partition coefficient (Wildman–Crippen LogP) is 4.64. The third-order valence-corrected chi connectivity index (χ3v) is 4.41. The van der Waals surface area contributed by atoms with E-state index in [-0.39, 0.29) is 11.7 Å². The summed E-state index contributed by atoms with van der Waals surface area (Å²) < 4.78 is 18.3. The fourth-order valence-corrected chi connectivity index (χ4v) is 2.99. The molecule has 0 bridgehead atoms. The molecular weight excluding hydrogens is 357 g/mol. The number of carbonyl (C=O) groups excluding carboxylic acids is 1. The molecule has 1 heterocycles. The summed E-state index contributed by atoms with van der Waals surface area (Å²) in [5.74, 6) is 0.734. The van der Waals surface area contributed by atoms with Gasteiger partial charge in [0.2, 0.25) is 17.6 Å². The van der Waals surface area contributed by atoms with Crippen LogP contribution in [0.2, 0.25) is 0 Å². The Hall–Kier alpha value is -3.02. The maximum atomic E-state index is 13.0. The second kappa shape index (κ2) is 9.78. The Morgan fingerprint density at radius 3 is 2.57 bits per heavy atom. The van der Waals surface area contributed by atoms with Crippen molar-refractivity contribution >= 4 is 5.91 Å². The summed E-state index contributed by atoms with van der Waals surface area (Å²) in [6.45, 7) is 3.44. The van der Waals surface area contributed by atoms with Crippen molar-refractivity contribution in [2.24, 2.45) is 0 Å². The molecule has 0 saturated heterocycles. The number of amides is 1. The van der Waals surface area contributed by atoms with Gasteiger partial charge in [0.1, 0.15) is 5.82 Å². The lowest BCUT2D eigenvalue weighted by Crippen LogP contribution is -2.31. The first kappa shape index (κ1) is 19.7. The Labute approximate surface area is 164 Å². The van der Waals surface area contributed by atoms with Crippen molar-refractivity contribution in [1.29, 1.82) is 0 Å². The Bertz CT molecular complexity index is 878. The van der Waals surface area contributed by atoms with Crippen LogP contribution < -0.4 is 0 Å². The summed E-state index contributed by atoms with van der Waals surface area (Å²) in [5.41, 5.74) is 1.83. The average molecular weight is 381 g/mol. The van der Waals surface area contributed by atoms with Gasteiger partial charge >= 0.3 is 0 Å². The molecule has 3 rings (SSSR count). The van der Waals surface area contributed by atoms with E-state index in [0.717, 1.165) is 18.5 Å². The minimum Gasteiger partial charge on any atom is -0.339 e. The molecule has 0 saturated carbocycles. The molecule has 1 aromatic heterocycles. The lowest BCUT2D eigenvalue weighted by Gasteiger charge is -2.22. The predicted molar refractivity (Wildman–Crippen MR) is 105 cm³/mol. The average Bonchev–Trinajstić information content (AvgIpc) is 3.18. The van der Waals surface area contributed by atoms with Crippen LogP contribution >= 0.6 is 0 Å². The zero-order valence-corrected chi connectivity index (χ0v) is 16.0. The van der Waals surface area contributed by atoms with Crippen LogP contribution in [0.5, 0.6) is 0 Å². The van der Waals surface area contributed by atoms with Gasteiger partial charge in [-0.25, -0.2) is 4.39 Å². The zero-order chi connectivity index (χ0) is 19.8. The van der Waals surface area contributed by atoms with Crippen molar-refractivity contribution in [2.75, 3.05) is 6.54 Å². The molecule has 0 aliphatic carbocycles. The Kier molecular flexibility index (Phi) is 6.89. The first-order chi connectivity index (χ1) is 13.7. The van der Waals surface area contributed by atoms with Crippen molar-refractivity contribution in [1.82, 2.24) is 15.0 Å². The Morgan fingerprint density at radius 2 is 1.86 bits per heavy atom. The van der Waals surface area contributed by atoms with Gasteiger partial charge in [0.15, 0.2) is 0 Å². The molecule has 2 aromatic carbocycles. The van der Waals surface area contributed by atoms with Crippen LogP contribution in [0.25, 0.3) is 11.4 Å². The second-order valence-corrected chi connectivity index (χ2v) is 6.67. The normalized spacial score (nSPS) is 10.8. The highest BCUT2D eigenvalue weighted by Crippen LogP contribution is 2.17. The first-order valence-electron chi connectivity index (χ1n) is 9.56. The van der Waals surface area contributed by atoms with Crippen molar-refractivity contribution in [3.63, 3.8) is 0 Å². The third kappa shape index (κ3) is 5.49. The molecule has 5 nitrogen and oxygen atoms in total. The van der Waals surface area contributed by atoms with Crippen molar-refractivity contribution in [3.8, 4) is 11.4 Å². The molecule has 1 amide bonds. The lowest BCUT2D eigenvalue weighted by atomic mass is 10.1. The van der Waals surface area contributed by atoms with E-state index in [9.17, 15) is 9.18 Å².